The SMILES string of the molecule is CN(CC(=O)O)Cc1nc2ccccc2s1. The van der Waals surface area contributed by atoms with E-state index in [9.17, 15) is 4.79 Å². The smallest absolute Gasteiger partial charge is 0.317 e. The molecule has 2 rings (SSSR count). The largest absolute Gasteiger partial charge is 0.480 e. The molecule has 0 radical (unpaired) electrons. The van der Waals surface area contributed by atoms with Crippen molar-refractivity contribution in [2.75, 3.05) is 13.6 Å². The summed E-state index contributed by atoms with van der Waals surface area (Å²) in [5, 5.41) is 9.59. The lowest BCUT2D eigenvalue weighted by atomic mass is 10.3. The van der Waals surface area contributed by atoms with Crippen LogP contribution in [-0.4, -0.2) is 34.6 Å². The summed E-state index contributed by atoms with van der Waals surface area (Å²) >= 11 is 1.61. The molecule has 0 unspecified atom stereocenters. The lowest BCUT2D eigenvalue weighted by Gasteiger charge is -2.10. The minimum Gasteiger partial charge on any atom is -0.480 e. The number of hydrogen-bond donors (Lipinski definition) is 1. The van der Waals surface area contributed by atoms with Crippen molar-refractivity contribution in [2.24, 2.45) is 0 Å². The van der Waals surface area contributed by atoms with Crippen LogP contribution >= 0.6 is 11.3 Å². The summed E-state index contributed by atoms with van der Waals surface area (Å²) in [6.45, 7) is 0.613. The maximum atomic E-state index is 10.5. The molecule has 0 fully saturated rings. The third kappa shape index (κ3) is 2.56. The Kier molecular flexibility index (Phi) is 3.17. The monoisotopic (exact) mass is 236 g/mol. The van der Waals surface area contributed by atoms with E-state index in [-0.39, 0.29) is 6.54 Å². The molecule has 1 aromatic heterocycles. The van der Waals surface area contributed by atoms with Crippen LogP contribution < -0.4 is 0 Å². The zero-order valence-corrected chi connectivity index (χ0v) is 9.70. The first-order valence-corrected chi connectivity index (χ1v) is 5.71. The van der Waals surface area contributed by atoms with Gasteiger partial charge in [0, 0.05) is 0 Å². The number of carbonyl (C=O) groups is 1. The summed E-state index contributed by atoms with van der Waals surface area (Å²) in [6.07, 6.45) is 0. The van der Waals surface area contributed by atoms with E-state index in [2.05, 4.69) is 4.98 Å². The number of para-hydroxylation sites is 1. The van der Waals surface area contributed by atoms with Crippen molar-refractivity contribution in [2.45, 2.75) is 6.54 Å². The van der Waals surface area contributed by atoms with Gasteiger partial charge in [0.05, 0.1) is 23.3 Å². The number of carboxylic acids is 1. The fraction of sp³-hybridized carbons (Fsp3) is 0.273. The molecule has 0 aliphatic carbocycles. The zero-order valence-electron chi connectivity index (χ0n) is 8.88. The standard InChI is InChI=1S/C11H12N2O2S/c1-13(7-11(14)15)6-10-12-8-4-2-3-5-9(8)16-10/h2-5H,6-7H2,1H3,(H,14,15). The summed E-state index contributed by atoms with van der Waals surface area (Å²) < 4.78 is 1.14. The van der Waals surface area contributed by atoms with Crippen molar-refractivity contribution in [1.82, 2.24) is 9.88 Å². The Labute approximate surface area is 97.1 Å². The molecular formula is C11H12N2O2S. The van der Waals surface area contributed by atoms with Crippen LogP contribution in [0.15, 0.2) is 24.3 Å². The van der Waals surface area contributed by atoms with Crippen LogP contribution in [0, 0.1) is 0 Å². The van der Waals surface area contributed by atoms with Gasteiger partial charge in [-0.1, -0.05) is 12.1 Å². The quantitative estimate of drug-likeness (QED) is 0.879. The summed E-state index contributed by atoms with van der Waals surface area (Å²) in [4.78, 5) is 16.7. The van der Waals surface area contributed by atoms with Crippen molar-refractivity contribution < 1.29 is 9.90 Å². The summed E-state index contributed by atoms with van der Waals surface area (Å²) in [6, 6.07) is 7.91. The van der Waals surface area contributed by atoms with Crippen molar-refractivity contribution in [3.8, 4) is 0 Å². The second-order valence-corrected chi connectivity index (χ2v) is 4.76. The third-order valence-corrected chi connectivity index (χ3v) is 3.17. The second-order valence-electron chi connectivity index (χ2n) is 3.64. The number of rotatable bonds is 4. The molecule has 0 atom stereocenters. The Bertz CT molecular complexity index is 476. The average Bonchev–Trinajstić information content (AvgIpc) is 2.57. The molecule has 0 amide bonds. The Morgan fingerprint density at radius 1 is 1.50 bits per heavy atom. The van der Waals surface area contributed by atoms with Gasteiger partial charge in [-0.2, -0.15) is 0 Å². The summed E-state index contributed by atoms with van der Waals surface area (Å²) in [5.41, 5.74) is 0.978. The summed E-state index contributed by atoms with van der Waals surface area (Å²) in [5.74, 6) is -0.816. The van der Waals surface area contributed by atoms with Gasteiger partial charge in [0.1, 0.15) is 5.01 Å². The van der Waals surface area contributed by atoms with Crippen molar-refractivity contribution in [3.63, 3.8) is 0 Å². The molecule has 1 N–H and O–H groups in total. The zero-order chi connectivity index (χ0) is 11.5. The number of aliphatic carboxylic acids is 1. The Morgan fingerprint density at radius 2 is 2.25 bits per heavy atom. The first-order chi connectivity index (χ1) is 7.65. The number of benzene rings is 1. The fourth-order valence-electron chi connectivity index (χ4n) is 1.51. The van der Waals surface area contributed by atoms with Crippen LogP contribution in [0.5, 0.6) is 0 Å². The highest BCUT2D eigenvalue weighted by Gasteiger charge is 2.08. The number of likely N-dealkylation sites (N-methyl/N-ethyl adjacent to an activating group) is 1. The number of nitrogens with zero attached hydrogens (tertiary/aromatic N) is 2. The van der Waals surface area contributed by atoms with E-state index < -0.39 is 5.97 Å². The Morgan fingerprint density at radius 3 is 2.94 bits per heavy atom. The minimum absolute atomic E-state index is 0.0376. The first kappa shape index (κ1) is 11.0. The minimum atomic E-state index is -0.816. The van der Waals surface area contributed by atoms with E-state index in [1.165, 1.54) is 0 Å². The van der Waals surface area contributed by atoms with E-state index in [0.717, 1.165) is 15.2 Å². The van der Waals surface area contributed by atoms with Crippen molar-refractivity contribution in [3.05, 3.63) is 29.3 Å². The van der Waals surface area contributed by atoms with Gasteiger partial charge in [-0.15, -0.1) is 11.3 Å². The Hall–Kier alpha value is -1.46. The molecule has 0 aliphatic rings. The number of carboxylic acid groups (broad SMARTS) is 1. The maximum absolute atomic E-state index is 10.5. The predicted octanol–water partition coefficient (Wildman–Crippen LogP) is 1.81. The first-order valence-electron chi connectivity index (χ1n) is 4.90. The average molecular weight is 236 g/mol. The predicted molar refractivity (Wildman–Crippen MR) is 63.6 cm³/mol. The fourth-order valence-corrected chi connectivity index (χ4v) is 2.55. The highest BCUT2D eigenvalue weighted by molar-refractivity contribution is 7.18. The molecule has 0 saturated heterocycles. The molecule has 2 aromatic rings. The molecule has 0 saturated carbocycles. The second kappa shape index (κ2) is 4.59. The molecule has 0 spiro atoms. The van der Waals surface area contributed by atoms with Crippen LogP contribution in [0.25, 0.3) is 10.2 Å². The van der Waals surface area contributed by atoms with E-state index >= 15 is 0 Å². The van der Waals surface area contributed by atoms with Gasteiger partial charge < -0.3 is 5.11 Å². The lowest BCUT2D eigenvalue weighted by Crippen LogP contribution is -2.24. The highest BCUT2D eigenvalue weighted by Crippen LogP contribution is 2.22. The molecule has 16 heavy (non-hydrogen) atoms. The van der Waals surface area contributed by atoms with Crippen molar-refractivity contribution in [1.29, 1.82) is 0 Å². The lowest BCUT2D eigenvalue weighted by molar-refractivity contribution is -0.138. The van der Waals surface area contributed by atoms with Gasteiger partial charge in [0.25, 0.3) is 0 Å². The van der Waals surface area contributed by atoms with E-state index in [0.29, 0.717) is 6.54 Å². The summed E-state index contributed by atoms with van der Waals surface area (Å²) in [7, 11) is 1.78. The van der Waals surface area contributed by atoms with Gasteiger partial charge in [0.15, 0.2) is 0 Å². The van der Waals surface area contributed by atoms with Crippen LogP contribution in [0.3, 0.4) is 0 Å². The van der Waals surface area contributed by atoms with Crippen LogP contribution in [0.1, 0.15) is 5.01 Å². The Balaban J connectivity index is 2.12. The van der Waals surface area contributed by atoms with Gasteiger partial charge in [-0.3, -0.25) is 9.69 Å². The molecular weight excluding hydrogens is 224 g/mol. The van der Waals surface area contributed by atoms with Crippen LogP contribution in [0.4, 0.5) is 0 Å². The third-order valence-electron chi connectivity index (χ3n) is 2.15. The number of hydrogen-bond acceptors (Lipinski definition) is 4. The number of fused-ring (bicyclic) bond motifs is 1. The molecule has 0 aliphatic heterocycles. The van der Waals surface area contributed by atoms with Crippen molar-refractivity contribution >= 4 is 27.5 Å². The molecule has 0 bridgehead atoms. The number of thiazole rings is 1. The van der Waals surface area contributed by atoms with E-state index in [1.807, 2.05) is 24.3 Å². The van der Waals surface area contributed by atoms with Crippen LogP contribution in [0.2, 0.25) is 0 Å². The molecule has 1 heterocycles. The van der Waals surface area contributed by atoms with E-state index in [1.54, 1.807) is 23.3 Å². The maximum Gasteiger partial charge on any atom is 0.317 e. The van der Waals surface area contributed by atoms with E-state index in [4.69, 9.17) is 5.11 Å². The molecule has 4 nitrogen and oxygen atoms in total. The molecule has 84 valence electrons. The van der Waals surface area contributed by atoms with Gasteiger partial charge in [0.2, 0.25) is 0 Å². The van der Waals surface area contributed by atoms with Gasteiger partial charge in [-0.05, 0) is 19.2 Å². The normalized spacial score (nSPS) is 11.1. The number of aromatic nitrogens is 1. The van der Waals surface area contributed by atoms with Gasteiger partial charge in [-0.25, -0.2) is 4.98 Å². The molecule has 1 aromatic carbocycles. The molecule has 5 heteroatoms. The van der Waals surface area contributed by atoms with Gasteiger partial charge >= 0.3 is 5.97 Å². The highest BCUT2D eigenvalue weighted by atomic mass is 32.1. The topological polar surface area (TPSA) is 53.4 Å². The van der Waals surface area contributed by atoms with Crippen LogP contribution in [-0.2, 0) is 11.3 Å².